The normalized spacial score (nSPS) is 16.1. The van der Waals surface area contributed by atoms with Gasteiger partial charge in [-0.1, -0.05) is 35.0 Å². The Morgan fingerprint density at radius 1 is 1.24 bits per heavy atom. The van der Waals surface area contributed by atoms with Gasteiger partial charge in [0.1, 0.15) is 11.8 Å². The SMILES string of the molecule is COc1cccc(-c2noc(C3CCCN3C(=O)Nc3ccc(C)cc3C)n2)c1. The number of amides is 2. The van der Waals surface area contributed by atoms with Crippen LogP contribution in [-0.2, 0) is 0 Å². The molecule has 4 rings (SSSR count). The highest BCUT2D eigenvalue weighted by Gasteiger charge is 2.34. The Balaban J connectivity index is 1.52. The molecule has 2 amide bonds. The molecule has 29 heavy (non-hydrogen) atoms. The lowest BCUT2D eigenvalue weighted by atomic mass is 10.1. The molecular formula is C22H24N4O3. The van der Waals surface area contributed by atoms with E-state index in [1.165, 1.54) is 0 Å². The van der Waals surface area contributed by atoms with Crippen molar-refractivity contribution in [3.63, 3.8) is 0 Å². The van der Waals surface area contributed by atoms with Gasteiger partial charge in [0.15, 0.2) is 0 Å². The summed E-state index contributed by atoms with van der Waals surface area (Å²) >= 11 is 0. The Bertz CT molecular complexity index is 1030. The Labute approximate surface area is 169 Å². The van der Waals surface area contributed by atoms with E-state index in [1.807, 2.05) is 50.2 Å². The zero-order valence-electron chi connectivity index (χ0n) is 16.8. The van der Waals surface area contributed by atoms with Gasteiger partial charge in [-0.3, -0.25) is 0 Å². The summed E-state index contributed by atoms with van der Waals surface area (Å²) in [7, 11) is 1.62. The van der Waals surface area contributed by atoms with Gasteiger partial charge in [-0.25, -0.2) is 4.79 Å². The second-order valence-corrected chi connectivity index (χ2v) is 7.29. The van der Waals surface area contributed by atoms with Crippen molar-refractivity contribution in [2.24, 2.45) is 0 Å². The van der Waals surface area contributed by atoms with Crippen molar-refractivity contribution in [2.45, 2.75) is 32.7 Å². The third-order valence-electron chi connectivity index (χ3n) is 5.19. The van der Waals surface area contributed by atoms with Crippen LogP contribution in [0.15, 0.2) is 47.0 Å². The first-order chi connectivity index (χ1) is 14.0. The monoisotopic (exact) mass is 392 g/mol. The van der Waals surface area contributed by atoms with Crippen LogP contribution in [-0.4, -0.2) is 34.7 Å². The lowest BCUT2D eigenvalue weighted by molar-refractivity contribution is 0.193. The number of nitrogens with one attached hydrogen (secondary N) is 1. The summed E-state index contributed by atoms with van der Waals surface area (Å²) in [6, 6.07) is 13.1. The van der Waals surface area contributed by atoms with Crippen LogP contribution in [0.2, 0.25) is 0 Å². The van der Waals surface area contributed by atoms with E-state index in [4.69, 9.17) is 9.26 Å². The Morgan fingerprint density at radius 2 is 2.10 bits per heavy atom. The number of benzene rings is 2. The van der Waals surface area contributed by atoms with E-state index >= 15 is 0 Å². The van der Waals surface area contributed by atoms with Gasteiger partial charge in [-0.05, 0) is 50.5 Å². The molecule has 1 aliphatic rings. The van der Waals surface area contributed by atoms with Crippen molar-refractivity contribution in [3.05, 3.63) is 59.5 Å². The molecule has 0 spiro atoms. The highest BCUT2D eigenvalue weighted by atomic mass is 16.5. The maximum atomic E-state index is 12.9. The van der Waals surface area contributed by atoms with Crippen LogP contribution in [0.25, 0.3) is 11.4 Å². The zero-order valence-corrected chi connectivity index (χ0v) is 16.8. The third kappa shape index (κ3) is 3.94. The molecule has 7 nitrogen and oxygen atoms in total. The number of anilines is 1. The van der Waals surface area contributed by atoms with Crippen molar-refractivity contribution < 1.29 is 14.1 Å². The van der Waals surface area contributed by atoms with E-state index in [9.17, 15) is 4.79 Å². The first-order valence-electron chi connectivity index (χ1n) is 9.68. The summed E-state index contributed by atoms with van der Waals surface area (Å²) in [6.45, 7) is 4.67. The van der Waals surface area contributed by atoms with E-state index in [0.717, 1.165) is 41.0 Å². The van der Waals surface area contributed by atoms with Gasteiger partial charge in [-0.2, -0.15) is 4.98 Å². The summed E-state index contributed by atoms with van der Waals surface area (Å²) in [5.74, 6) is 1.67. The highest BCUT2D eigenvalue weighted by molar-refractivity contribution is 5.90. The van der Waals surface area contributed by atoms with E-state index in [2.05, 4.69) is 21.5 Å². The van der Waals surface area contributed by atoms with Crippen molar-refractivity contribution in [1.82, 2.24) is 15.0 Å². The maximum Gasteiger partial charge on any atom is 0.322 e. The van der Waals surface area contributed by atoms with E-state index < -0.39 is 0 Å². The molecule has 1 saturated heterocycles. The largest absolute Gasteiger partial charge is 0.497 e. The Morgan fingerprint density at radius 3 is 2.90 bits per heavy atom. The number of carbonyl (C=O) groups is 1. The van der Waals surface area contributed by atoms with Crippen molar-refractivity contribution in [3.8, 4) is 17.1 Å². The van der Waals surface area contributed by atoms with E-state index in [0.29, 0.717) is 18.3 Å². The van der Waals surface area contributed by atoms with Gasteiger partial charge in [-0.15, -0.1) is 0 Å². The molecule has 7 heteroatoms. The van der Waals surface area contributed by atoms with Crippen LogP contribution in [0, 0.1) is 13.8 Å². The number of methoxy groups -OCH3 is 1. The van der Waals surface area contributed by atoms with E-state index in [-0.39, 0.29) is 12.1 Å². The molecule has 0 radical (unpaired) electrons. The number of rotatable bonds is 4. The fraction of sp³-hybridized carbons (Fsp3) is 0.318. The van der Waals surface area contributed by atoms with Gasteiger partial charge >= 0.3 is 6.03 Å². The molecule has 0 bridgehead atoms. The van der Waals surface area contributed by atoms with Gasteiger partial charge in [0, 0.05) is 17.8 Å². The van der Waals surface area contributed by atoms with Crippen molar-refractivity contribution in [2.75, 3.05) is 19.0 Å². The Hall–Kier alpha value is -3.35. The molecule has 150 valence electrons. The predicted molar refractivity (Wildman–Crippen MR) is 110 cm³/mol. The number of aromatic nitrogens is 2. The predicted octanol–water partition coefficient (Wildman–Crippen LogP) is 4.73. The van der Waals surface area contributed by atoms with Gasteiger partial charge in [0.25, 0.3) is 0 Å². The summed E-state index contributed by atoms with van der Waals surface area (Å²) in [5, 5.41) is 7.12. The minimum atomic E-state index is -0.229. The summed E-state index contributed by atoms with van der Waals surface area (Å²) < 4.78 is 10.8. The van der Waals surface area contributed by atoms with Crippen molar-refractivity contribution in [1.29, 1.82) is 0 Å². The zero-order chi connectivity index (χ0) is 20.4. The first kappa shape index (κ1) is 19.0. The minimum Gasteiger partial charge on any atom is -0.497 e. The van der Waals surface area contributed by atoms with Crippen LogP contribution in [0.5, 0.6) is 5.75 Å². The molecule has 1 N–H and O–H groups in total. The number of ether oxygens (including phenoxy) is 1. The summed E-state index contributed by atoms with van der Waals surface area (Å²) in [4.78, 5) is 19.2. The lowest BCUT2D eigenvalue weighted by Crippen LogP contribution is -2.34. The molecule has 1 aliphatic heterocycles. The number of aryl methyl sites for hydroxylation is 2. The average molecular weight is 392 g/mol. The molecule has 1 fully saturated rings. The van der Waals surface area contributed by atoms with Gasteiger partial charge in [0.05, 0.1) is 7.11 Å². The summed E-state index contributed by atoms with van der Waals surface area (Å²) in [6.07, 6.45) is 1.68. The third-order valence-corrected chi connectivity index (χ3v) is 5.19. The number of urea groups is 1. The van der Waals surface area contributed by atoms with Crippen LogP contribution >= 0.6 is 0 Å². The molecule has 1 unspecified atom stereocenters. The minimum absolute atomic E-state index is 0.152. The number of carbonyl (C=O) groups excluding carboxylic acids is 1. The fourth-order valence-corrected chi connectivity index (χ4v) is 3.66. The molecule has 3 aromatic rings. The summed E-state index contributed by atoms with van der Waals surface area (Å²) in [5.41, 5.74) is 3.82. The van der Waals surface area contributed by atoms with Gasteiger partial charge in [0.2, 0.25) is 11.7 Å². The van der Waals surface area contributed by atoms with Crippen LogP contribution in [0.4, 0.5) is 10.5 Å². The molecule has 1 aromatic heterocycles. The smallest absolute Gasteiger partial charge is 0.322 e. The average Bonchev–Trinajstić information content (AvgIpc) is 3.39. The van der Waals surface area contributed by atoms with Crippen LogP contribution in [0.1, 0.15) is 35.9 Å². The lowest BCUT2D eigenvalue weighted by Gasteiger charge is -2.22. The highest BCUT2D eigenvalue weighted by Crippen LogP contribution is 2.33. The topological polar surface area (TPSA) is 80.5 Å². The molecular weight excluding hydrogens is 368 g/mol. The quantitative estimate of drug-likeness (QED) is 0.694. The molecule has 0 saturated carbocycles. The molecule has 0 aliphatic carbocycles. The molecule has 2 heterocycles. The first-order valence-corrected chi connectivity index (χ1v) is 9.68. The molecule has 1 atom stereocenters. The Kier molecular flexibility index (Phi) is 5.20. The number of hydrogen-bond acceptors (Lipinski definition) is 5. The second-order valence-electron chi connectivity index (χ2n) is 7.29. The van der Waals surface area contributed by atoms with E-state index in [1.54, 1.807) is 12.0 Å². The molecule has 2 aromatic carbocycles. The fourth-order valence-electron chi connectivity index (χ4n) is 3.66. The second kappa shape index (κ2) is 7.95. The number of nitrogens with zero attached hydrogens (tertiary/aromatic N) is 3. The van der Waals surface area contributed by atoms with Crippen LogP contribution in [0.3, 0.4) is 0 Å². The standard InChI is InChI=1S/C22H24N4O3/c1-14-9-10-18(15(2)12-14)23-22(27)26-11-5-8-19(26)21-24-20(25-29-21)16-6-4-7-17(13-16)28-3/h4,6-7,9-10,12-13,19H,5,8,11H2,1-3H3,(H,23,27). The number of likely N-dealkylation sites (tertiary alicyclic amines) is 1. The number of hydrogen-bond donors (Lipinski definition) is 1. The van der Waals surface area contributed by atoms with Gasteiger partial charge < -0.3 is 19.5 Å². The maximum absolute atomic E-state index is 12.9. The van der Waals surface area contributed by atoms with Crippen LogP contribution < -0.4 is 10.1 Å². The van der Waals surface area contributed by atoms with Crippen molar-refractivity contribution >= 4 is 11.7 Å².